The van der Waals surface area contributed by atoms with E-state index in [0.717, 1.165) is 16.5 Å². The molecule has 0 spiro atoms. The highest BCUT2D eigenvalue weighted by molar-refractivity contribution is 5.80. The Kier molecular flexibility index (Phi) is 2.52. The largest absolute Gasteiger partial charge is 0.396 e. The average molecular weight is 190 g/mol. The van der Waals surface area contributed by atoms with Gasteiger partial charge in [-0.15, -0.1) is 0 Å². The lowest BCUT2D eigenvalue weighted by atomic mass is 9.99. The fourth-order valence-electron chi connectivity index (χ4n) is 1.64. The Morgan fingerprint density at radius 1 is 1.36 bits per heavy atom. The maximum atomic E-state index is 9.11. The van der Waals surface area contributed by atoms with Gasteiger partial charge in [0.25, 0.3) is 0 Å². The molecular weight excluding hydrogens is 176 g/mol. The Morgan fingerprint density at radius 2 is 2.21 bits per heavy atom. The van der Waals surface area contributed by atoms with E-state index < -0.39 is 0 Å². The Balaban J connectivity index is 2.42. The van der Waals surface area contributed by atoms with E-state index in [0.29, 0.717) is 6.54 Å². The summed E-state index contributed by atoms with van der Waals surface area (Å²) < 4.78 is 0. The molecule has 1 aromatic carbocycles. The zero-order valence-corrected chi connectivity index (χ0v) is 7.90. The molecule has 0 radical (unpaired) electrons. The summed E-state index contributed by atoms with van der Waals surface area (Å²) >= 11 is 0. The van der Waals surface area contributed by atoms with Gasteiger partial charge in [0.05, 0.1) is 6.61 Å². The molecule has 1 heterocycles. The highest BCUT2D eigenvalue weighted by Crippen LogP contribution is 2.20. The van der Waals surface area contributed by atoms with E-state index in [1.807, 2.05) is 24.4 Å². The number of aliphatic hydroxyl groups excluding tert-OH is 1. The van der Waals surface area contributed by atoms with Crippen LogP contribution in [-0.2, 0) is 0 Å². The number of nitrogens with one attached hydrogen (secondary N) is 1. The lowest BCUT2D eigenvalue weighted by Gasteiger charge is -2.11. The van der Waals surface area contributed by atoms with Gasteiger partial charge in [-0.3, -0.25) is 0 Å². The molecule has 74 valence electrons. The van der Waals surface area contributed by atoms with Gasteiger partial charge >= 0.3 is 0 Å². The Hall–Kier alpha value is -1.32. The molecule has 3 heteroatoms. The summed E-state index contributed by atoms with van der Waals surface area (Å²) in [5.41, 5.74) is 7.78. The predicted molar refractivity (Wildman–Crippen MR) is 57.2 cm³/mol. The van der Waals surface area contributed by atoms with Crippen LogP contribution in [0.1, 0.15) is 11.5 Å². The quantitative estimate of drug-likeness (QED) is 0.681. The van der Waals surface area contributed by atoms with E-state index in [9.17, 15) is 0 Å². The van der Waals surface area contributed by atoms with Gasteiger partial charge < -0.3 is 15.8 Å². The molecule has 1 atom stereocenters. The molecule has 1 aromatic heterocycles. The van der Waals surface area contributed by atoms with Crippen LogP contribution < -0.4 is 5.73 Å². The first-order valence-electron chi connectivity index (χ1n) is 4.73. The fraction of sp³-hybridized carbons (Fsp3) is 0.273. The van der Waals surface area contributed by atoms with Crippen LogP contribution in [0.2, 0.25) is 0 Å². The van der Waals surface area contributed by atoms with Crippen molar-refractivity contribution in [1.82, 2.24) is 4.98 Å². The standard InChI is InChI=1S/C11H14N2O/c12-6-10(7-14)8-1-2-11-9(5-8)3-4-13-11/h1-5,10,13-14H,6-7,12H2. The number of H-pyrrole nitrogens is 1. The number of aromatic amines is 1. The zero-order chi connectivity index (χ0) is 9.97. The molecule has 4 N–H and O–H groups in total. The van der Waals surface area contributed by atoms with Crippen LogP contribution in [0.15, 0.2) is 30.5 Å². The second-order valence-corrected chi connectivity index (χ2v) is 3.44. The third-order valence-electron chi connectivity index (χ3n) is 2.55. The molecule has 3 nitrogen and oxygen atoms in total. The first-order chi connectivity index (χ1) is 6.85. The van der Waals surface area contributed by atoms with Crippen molar-refractivity contribution in [1.29, 1.82) is 0 Å². The minimum Gasteiger partial charge on any atom is -0.396 e. The Morgan fingerprint density at radius 3 is 2.93 bits per heavy atom. The molecule has 0 aliphatic rings. The predicted octanol–water partition coefficient (Wildman–Crippen LogP) is 1.20. The van der Waals surface area contributed by atoms with Gasteiger partial charge in [-0.05, 0) is 29.1 Å². The second kappa shape index (κ2) is 3.82. The van der Waals surface area contributed by atoms with Crippen molar-refractivity contribution >= 4 is 10.9 Å². The Bertz CT molecular complexity index is 418. The molecule has 14 heavy (non-hydrogen) atoms. The molecule has 0 bridgehead atoms. The SMILES string of the molecule is NCC(CO)c1ccc2[nH]ccc2c1. The number of hydrogen-bond donors (Lipinski definition) is 3. The van der Waals surface area contributed by atoms with Crippen molar-refractivity contribution in [2.24, 2.45) is 5.73 Å². The molecular formula is C11H14N2O. The Labute approximate surface area is 82.6 Å². The molecule has 0 amide bonds. The summed E-state index contributed by atoms with van der Waals surface area (Å²) in [5.74, 6) is 0.0503. The van der Waals surface area contributed by atoms with Crippen LogP contribution >= 0.6 is 0 Å². The monoisotopic (exact) mass is 190 g/mol. The molecule has 1 unspecified atom stereocenters. The van der Waals surface area contributed by atoms with Gasteiger partial charge in [-0.2, -0.15) is 0 Å². The van der Waals surface area contributed by atoms with Crippen molar-refractivity contribution in [2.45, 2.75) is 5.92 Å². The van der Waals surface area contributed by atoms with Gasteiger partial charge in [0.1, 0.15) is 0 Å². The number of nitrogens with two attached hydrogens (primary N) is 1. The van der Waals surface area contributed by atoms with E-state index in [-0.39, 0.29) is 12.5 Å². The lowest BCUT2D eigenvalue weighted by Crippen LogP contribution is -2.15. The van der Waals surface area contributed by atoms with Crippen molar-refractivity contribution in [2.75, 3.05) is 13.2 Å². The van der Waals surface area contributed by atoms with Crippen molar-refractivity contribution in [3.63, 3.8) is 0 Å². The number of fused-ring (bicyclic) bond motifs is 1. The van der Waals surface area contributed by atoms with Crippen LogP contribution in [0.4, 0.5) is 0 Å². The number of aliphatic hydroxyl groups is 1. The molecule has 0 saturated carbocycles. The van der Waals surface area contributed by atoms with Crippen LogP contribution in [0, 0.1) is 0 Å². The van der Waals surface area contributed by atoms with Gasteiger partial charge in [-0.1, -0.05) is 6.07 Å². The normalized spacial score (nSPS) is 13.3. The smallest absolute Gasteiger partial charge is 0.0511 e. The number of benzene rings is 1. The molecule has 0 fully saturated rings. The number of aromatic nitrogens is 1. The minimum atomic E-state index is 0.0503. The summed E-state index contributed by atoms with van der Waals surface area (Å²) in [6.07, 6.45) is 1.91. The molecule has 2 rings (SSSR count). The van der Waals surface area contributed by atoms with E-state index in [1.54, 1.807) is 0 Å². The van der Waals surface area contributed by atoms with Crippen LogP contribution in [0.5, 0.6) is 0 Å². The van der Waals surface area contributed by atoms with Gasteiger partial charge in [0.2, 0.25) is 0 Å². The lowest BCUT2D eigenvalue weighted by molar-refractivity contribution is 0.268. The van der Waals surface area contributed by atoms with E-state index in [2.05, 4.69) is 11.1 Å². The van der Waals surface area contributed by atoms with Crippen molar-refractivity contribution in [3.8, 4) is 0 Å². The van der Waals surface area contributed by atoms with Gasteiger partial charge in [0.15, 0.2) is 0 Å². The highest BCUT2D eigenvalue weighted by Gasteiger charge is 2.08. The summed E-state index contributed by atoms with van der Waals surface area (Å²) in [4.78, 5) is 3.13. The summed E-state index contributed by atoms with van der Waals surface area (Å²) in [6, 6.07) is 8.11. The number of rotatable bonds is 3. The van der Waals surface area contributed by atoms with Crippen molar-refractivity contribution < 1.29 is 5.11 Å². The summed E-state index contributed by atoms with van der Waals surface area (Å²) in [5, 5.41) is 10.3. The maximum absolute atomic E-state index is 9.11. The molecule has 0 aliphatic heterocycles. The average Bonchev–Trinajstić information content (AvgIpc) is 2.66. The summed E-state index contributed by atoms with van der Waals surface area (Å²) in [6.45, 7) is 0.582. The van der Waals surface area contributed by atoms with Crippen LogP contribution in [-0.4, -0.2) is 23.2 Å². The first kappa shape index (κ1) is 9.24. The van der Waals surface area contributed by atoms with E-state index >= 15 is 0 Å². The first-order valence-corrected chi connectivity index (χ1v) is 4.73. The van der Waals surface area contributed by atoms with Gasteiger partial charge in [0, 0.05) is 24.2 Å². The molecule has 2 aromatic rings. The van der Waals surface area contributed by atoms with Gasteiger partial charge in [-0.25, -0.2) is 0 Å². The van der Waals surface area contributed by atoms with E-state index in [1.165, 1.54) is 0 Å². The molecule has 0 saturated heterocycles. The van der Waals surface area contributed by atoms with Crippen LogP contribution in [0.3, 0.4) is 0 Å². The van der Waals surface area contributed by atoms with E-state index in [4.69, 9.17) is 10.8 Å². The number of hydrogen-bond acceptors (Lipinski definition) is 2. The van der Waals surface area contributed by atoms with Crippen molar-refractivity contribution in [3.05, 3.63) is 36.0 Å². The molecule has 0 aliphatic carbocycles. The van der Waals surface area contributed by atoms with Crippen LogP contribution in [0.25, 0.3) is 10.9 Å². The highest BCUT2D eigenvalue weighted by atomic mass is 16.3. The third-order valence-corrected chi connectivity index (χ3v) is 2.55. The second-order valence-electron chi connectivity index (χ2n) is 3.44. The fourth-order valence-corrected chi connectivity index (χ4v) is 1.64. The third kappa shape index (κ3) is 1.52. The zero-order valence-electron chi connectivity index (χ0n) is 7.90. The topological polar surface area (TPSA) is 62.0 Å². The summed E-state index contributed by atoms with van der Waals surface area (Å²) in [7, 11) is 0. The maximum Gasteiger partial charge on any atom is 0.0511 e. The minimum absolute atomic E-state index is 0.0503.